The van der Waals surface area contributed by atoms with Gasteiger partial charge < -0.3 is 15.1 Å². The molecular formula is C15H17N5O3. The van der Waals surface area contributed by atoms with E-state index >= 15 is 0 Å². The summed E-state index contributed by atoms with van der Waals surface area (Å²) in [7, 11) is 1.98. The van der Waals surface area contributed by atoms with Crippen molar-refractivity contribution in [3.63, 3.8) is 0 Å². The van der Waals surface area contributed by atoms with Crippen molar-refractivity contribution in [1.29, 1.82) is 5.26 Å². The number of amides is 1. The lowest BCUT2D eigenvalue weighted by Gasteiger charge is -2.32. The number of benzene rings is 1. The molecule has 2 rings (SSSR count). The third-order valence-corrected chi connectivity index (χ3v) is 3.58. The average Bonchev–Trinajstić information content (AvgIpc) is 2.56. The molecule has 1 aromatic carbocycles. The number of carbonyl (C=O) groups excluding carboxylic acids is 1. The lowest BCUT2D eigenvalue weighted by atomic mass is 10.2. The maximum atomic E-state index is 12.3. The van der Waals surface area contributed by atoms with Gasteiger partial charge in [0.1, 0.15) is 11.6 Å². The Bertz CT molecular complexity index is 672. The number of hydrogen-bond acceptors (Lipinski definition) is 6. The van der Waals surface area contributed by atoms with Gasteiger partial charge in [0, 0.05) is 50.2 Å². The predicted molar refractivity (Wildman–Crippen MR) is 84.5 cm³/mol. The number of nitrogens with zero attached hydrogens (tertiary/aromatic N) is 4. The zero-order valence-corrected chi connectivity index (χ0v) is 12.7. The quantitative estimate of drug-likeness (QED) is 0.387. The topological polar surface area (TPSA) is 103 Å². The van der Waals surface area contributed by atoms with E-state index in [0.29, 0.717) is 18.8 Å². The van der Waals surface area contributed by atoms with E-state index in [-0.39, 0.29) is 17.2 Å². The number of nitro benzene ring substituents is 1. The molecule has 0 atom stereocenters. The van der Waals surface area contributed by atoms with Gasteiger partial charge in [-0.2, -0.15) is 5.26 Å². The van der Waals surface area contributed by atoms with Crippen LogP contribution in [0, 0.1) is 21.4 Å². The summed E-state index contributed by atoms with van der Waals surface area (Å²) in [6.07, 6.45) is 1.29. The van der Waals surface area contributed by atoms with Crippen molar-refractivity contribution >= 4 is 17.3 Å². The Labute approximate surface area is 133 Å². The first kappa shape index (κ1) is 16.5. The summed E-state index contributed by atoms with van der Waals surface area (Å²) in [4.78, 5) is 26.3. The highest BCUT2D eigenvalue weighted by Crippen LogP contribution is 2.17. The second-order valence-corrected chi connectivity index (χ2v) is 5.22. The number of nitriles is 1. The van der Waals surface area contributed by atoms with Crippen LogP contribution in [0.1, 0.15) is 0 Å². The molecule has 0 aromatic heterocycles. The summed E-state index contributed by atoms with van der Waals surface area (Å²) in [5.74, 6) is -0.335. The van der Waals surface area contributed by atoms with Crippen LogP contribution in [-0.4, -0.2) is 53.9 Å². The Balaban J connectivity index is 2.07. The number of hydrogen-bond donors (Lipinski definition) is 1. The van der Waals surface area contributed by atoms with E-state index in [1.807, 2.05) is 13.1 Å². The standard InChI is InChI=1S/C15H17N5O3/c1-18-5-7-19(8-6-18)15(21)12(10-16)11-17-13-3-2-4-14(9-13)20(22)23/h2-4,9,11,17H,5-8H2,1H3/b12-11-. The van der Waals surface area contributed by atoms with Gasteiger partial charge >= 0.3 is 0 Å². The minimum Gasteiger partial charge on any atom is -0.360 e. The van der Waals surface area contributed by atoms with E-state index in [9.17, 15) is 20.2 Å². The molecule has 8 heteroatoms. The Morgan fingerprint density at radius 2 is 2.09 bits per heavy atom. The normalized spacial score (nSPS) is 15.8. The number of carbonyl (C=O) groups is 1. The van der Waals surface area contributed by atoms with Gasteiger partial charge in [0.05, 0.1) is 4.92 Å². The number of anilines is 1. The maximum absolute atomic E-state index is 12.3. The fraction of sp³-hybridized carbons (Fsp3) is 0.333. The Kier molecular flexibility index (Phi) is 5.28. The molecule has 0 unspecified atom stereocenters. The number of likely N-dealkylation sites (N-methyl/N-ethyl adjacent to an activating group) is 1. The number of non-ortho nitro benzene ring substituents is 1. The first-order valence-electron chi connectivity index (χ1n) is 7.10. The molecule has 1 N–H and O–H groups in total. The molecule has 1 aliphatic heterocycles. The van der Waals surface area contributed by atoms with Crippen molar-refractivity contribution in [2.24, 2.45) is 0 Å². The highest BCUT2D eigenvalue weighted by atomic mass is 16.6. The van der Waals surface area contributed by atoms with E-state index in [1.165, 1.54) is 24.4 Å². The summed E-state index contributed by atoms with van der Waals surface area (Å²) in [5, 5.41) is 22.7. The molecule has 0 aliphatic carbocycles. The summed E-state index contributed by atoms with van der Waals surface area (Å²) in [5.41, 5.74) is 0.353. The highest BCUT2D eigenvalue weighted by Gasteiger charge is 2.22. The SMILES string of the molecule is CN1CCN(C(=O)/C(C#N)=C\Nc2cccc([N+](=O)[O-])c2)CC1. The second-order valence-electron chi connectivity index (χ2n) is 5.22. The van der Waals surface area contributed by atoms with Crippen molar-refractivity contribution in [3.8, 4) is 6.07 Å². The molecule has 0 radical (unpaired) electrons. The molecule has 120 valence electrons. The molecule has 0 saturated carbocycles. The molecule has 23 heavy (non-hydrogen) atoms. The minimum atomic E-state index is -0.504. The van der Waals surface area contributed by atoms with Gasteiger partial charge in [-0.05, 0) is 13.1 Å². The van der Waals surface area contributed by atoms with Gasteiger partial charge in [0.2, 0.25) is 0 Å². The molecule has 0 spiro atoms. The Morgan fingerprint density at radius 1 is 1.39 bits per heavy atom. The lowest BCUT2D eigenvalue weighted by Crippen LogP contribution is -2.47. The molecular weight excluding hydrogens is 298 g/mol. The van der Waals surface area contributed by atoms with Gasteiger partial charge in [0.15, 0.2) is 0 Å². The number of nitrogens with one attached hydrogen (secondary N) is 1. The Morgan fingerprint density at radius 3 is 2.70 bits per heavy atom. The van der Waals surface area contributed by atoms with Crippen molar-refractivity contribution in [2.45, 2.75) is 0 Å². The van der Waals surface area contributed by atoms with Crippen LogP contribution >= 0.6 is 0 Å². The molecule has 1 aliphatic rings. The molecule has 0 bridgehead atoms. The van der Waals surface area contributed by atoms with Gasteiger partial charge in [-0.1, -0.05) is 6.07 Å². The average molecular weight is 315 g/mol. The van der Waals surface area contributed by atoms with Crippen molar-refractivity contribution in [2.75, 3.05) is 38.5 Å². The van der Waals surface area contributed by atoms with Crippen LogP contribution in [-0.2, 0) is 4.79 Å². The smallest absolute Gasteiger partial charge is 0.271 e. The fourth-order valence-electron chi connectivity index (χ4n) is 2.19. The maximum Gasteiger partial charge on any atom is 0.271 e. The van der Waals surface area contributed by atoms with E-state index < -0.39 is 4.92 Å². The molecule has 1 aromatic rings. The summed E-state index contributed by atoms with van der Waals surface area (Å²) < 4.78 is 0. The van der Waals surface area contributed by atoms with Crippen LogP contribution in [0.25, 0.3) is 0 Å². The zero-order chi connectivity index (χ0) is 16.8. The first-order chi connectivity index (χ1) is 11.0. The van der Waals surface area contributed by atoms with Crippen LogP contribution in [0.2, 0.25) is 0 Å². The third-order valence-electron chi connectivity index (χ3n) is 3.58. The molecule has 1 saturated heterocycles. The van der Waals surface area contributed by atoms with Gasteiger partial charge in [-0.25, -0.2) is 0 Å². The second kappa shape index (κ2) is 7.38. The summed E-state index contributed by atoms with van der Waals surface area (Å²) in [6.45, 7) is 2.68. The first-order valence-corrected chi connectivity index (χ1v) is 7.10. The van der Waals surface area contributed by atoms with Crippen molar-refractivity contribution < 1.29 is 9.72 Å². The van der Waals surface area contributed by atoms with Gasteiger partial charge in [-0.15, -0.1) is 0 Å². The number of piperazine rings is 1. The fourth-order valence-corrected chi connectivity index (χ4v) is 2.19. The summed E-state index contributed by atoms with van der Waals surface area (Å²) in [6, 6.07) is 7.74. The number of rotatable bonds is 4. The van der Waals surface area contributed by atoms with Crippen LogP contribution < -0.4 is 5.32 Å². The zero-order valence-electron chi connectivity index (χ0n) is 12.7. The number of nitro groups is 1. The molecule has 8 nitrogen and oxygen atoms in total. The lowest BCUT2D eigenvalue weighted by molar-refractivity contribution is -0.384. The third kappa shape index (κ3) is 4.28. The van der Waals surface area contributed by atoms with Crippen molar-refractivity contribution in [3.05, 3.63) is 46.2 Å². The Hall–Kier alpha value is -2.92. The largest absolute Gasteiger partial charge is 0.360 e. The monoisotopic (exact) mass is 315 g/mol. The van der Waals surface area contributed by atoms with Gasteiger partial charge in [0.25, 0.3) is 11.6 Å². The van der Waals surface area contributed by atoms with E-state index in [1.54, 1.807) is 11.0 Å². The van der Waals surface area contributed by atoms with E-state index in [2.05, 4.69) is 10.2 Å². The van der Waals surface area contributed by atoms with Gasteiger partial charge in [-0.3, -0.25) is 14.9 Å². The highest BCUT2D eigenvalue weighted by molar-refractivity contribution is 5.97. The van der Waals surface area contributed by atoms with Crippen LogP contribution in [0.4, 0.5) is 11.4 Å². The van der Waals surface area contributed by atoms with E-state index in [4.69, 9.17) is 0 Å². The summed E-state index contributed by atoms with van der Waals surface area (Å²) >= 11 is 0. The molecule has 1 heterocycles. The van der Waals surface area contributed by atoms with Crippen molar-refractivity contribution in [1.82, 2.24) is 9.80 Å². The van der Waals surface area contributed by atoms with E-state index in [0.717, 1.165) is 13.1 Å². The van der Waals surface area contributed by atoms with Crippen LogP contribution in [0.15, 0.2) is 36.0 Å². The minimum absolute atomic E-state index is 0.0268. The van der Waals surface area contributed by atoms with Crippen LogP contribution in [0.3, 0.4) is 0 Å². The van der Waals surface area contributed by atoms with Crippen LogP contribution in [0.5, 0.6) is 0 Å². The molecule has 1 fully saturated rings. The molecule has 1 amide bonds. The predicted octanol–water partition coefficient (Wildman–Crippen LogP) is 1.19.